The molecule has 0 amide bonds. The molecule has 2 rings (SSSR count). The molecule has 0 fully saturated rings. The number of aryl methyl sites for hydroxylation is 1. The van der Waals surface area contributed by atoms with Crippen LogP contribution in [0.15, 0.2) is 23.6 Å². The Morgan fingerprint density at radius 2 is 2.11 bits per heavy atom. The van der Waals surface area contributed by atoms with Crippen molar-refractivity contribution >= 4 is 17.3 Å². The van der Waals surface area contributed by atoms with Crippen molar-refractivity contribution < 1.29 is 14.3 Å². The van der Waals surface area contributed by atoms with Crippen molar-refractivity contribution in [3.63, 3.8) is 0 Å². The summed E-state index contributed by atoms with van der Waals surface area (Å²) in [5.74, 6) is -1.29. The van der Waals surface area contributed by atoms with Gasteiger partial charge in [0, 0.05) is 10.9 Å². The molecule has 0 spiro atoms. The topological polar surface area (TPSA) is 50.2 Å². The van der Waals surface area contributed by atoms with Crippen LogP contribution in [-0.4, -0.2) is 16.1 Å². The van der Waals surface area contributed by atoms with E-state index in [1.807, 2.05) is 13.0 Å². The average molecular weight is 279 g/mol. The van der Waals surface area contributed by atoms with E-state index in [9.17, 15) is 9.18 Å². The Morgan fingerprint density at radius 1 is 1.42 bits per heavy atom. The van der Waals surface area contributed by atoms with Gasteiger partial charge in [0.05, 0.1) is 5.69 Å². The lowest BCUT2D eigenvalue weighted by molar-refractivity contribution is -0.142. The SMILES string of the molecule is Cc1ccc(-c2nc(C(C)(C)C(=O)O)cs2)c(F)c1. The predicted molar refractivity (Wildman–Crippen MR) is 72.9 cm³/mol. The number of hydrogen-bond acceptors (Lipinski definition) is 3. The Bertz CT molecular complexity index is 634. The highest BCUT2D eigenvalue weighted by molar-refractivity contribution is 7.13. The first-order chi connectivity index (χ1) is 8.82. The fourth-order valence-corrected chi connectivity index (χ4v) is 2.60. The molecule has 2 aromatic rings. The maximum atomic E-state index is 13.9. The smallest absolute Gasteiger partial charge is 0.315 e. The number of benzene rings is 1. The molecule has 0 saturated carbocycles. The second kappa shape index (κ2) is 4.74. The van der Waals surface area contributed by atoms with E-state index < -0.39 is 11.4 Å². The third-order valence-electron chi connectivity index (χ3n) is 3.03. The van der Waals surface area contributed by atoms with E-state index in [4.69, 9.17) is 5.11 Å². The van der Waals surface area contributed by atoms with Gasteiger partial charge in [0.15, 0.2) is 0 Å². The van der Waals surface area contributed by atoms with Gasteiger partial charge in [0.1, 0.15) is 16.2 Å². The average Bonchev–Trinajstić information content (AvgIpc) is 2.78. The van der Waals surface area contributed by atoms with Crippen molar-refractivity contribution in [1.82, 2.24) is 4.98 Å². The number of thiazole rings is 1. The first-order valence-corrected chi connectivity index (χ1v) is 6.66. The van der Waals surface area contributed by atoms with Crippen molar-refractivity contribution in [3.8, 4) is 10.6 Å². The lowest BCUT2D eigenvalue weighted by Gasteiger charge is -2.15. The Morgan fingerprint density at radius 3 is 2.68 bits per heavy atom. The number of aromatic nitrogens is 1. The first-order valence-electron chi connectivity index (χ1n) is 5.78. The molecule has 1 aromatic heterocycles. The van der Waals surface area contributed by atoms with E-state index in [1.165, 1.54) is 17.4 Å². The summed E-state index contributed by atoms with van der Waals surface area (Å²) >= 11 is 1.25. The fourth-order valence-electron chi connectivity index (χ4n) is 1.59. The molecular formula is C14H14FNO2S. The van der Waals surface area contributed by atoms with Crippen LogP contribution in [0.4, 0.5) is 4.39 Å². The molecule has 19 heavy (non-hydrogen) atoms. The molecule has 1 N–H and O–H groups in total. The zero-order chi connectivity index (χ0) is 14.2. The number of hydrogen-bond donors (Lipinski definition) is 1. The summed E-state index contributed by atoms with van der Waals surface area (Å²) < 4.78 is 13.9. The van der Waals surface area contributed by atoms with Crippen LogP contribution in [0.2, 0.25) is 0 Å². The third-order valence-corrected chi connectivity index (χ3v) is 3.91. The second-order valence-corrected chi connectivity index (χ2v) is 5.81. The molecule has 0 aliphatic heterocycles. The molecular weight excluding hydrogens is 265 g/mol. The van der Waals surface area contributed by atoms with E-state index in [-0.39, 0.29) is 5.82 Å². The van der Waals surface area contributed by atoms with Gasteiger partial charge >= 0.3 is 5.97 Å². The Kier molecular flexibility index (Phi) is 3.41. The van der Waals surface area contributed by atoms with Crippen LogP contribution in [-0.2, 0) is 10.2 Å². The van der Waals surface area contributed by atoms with Gasteiger partial charge in [-0.25, -0.2) is 9.37 Å². The van der Waals surface area contributed by atoms with E-state index in [1.54, 1.807) is 25.3 Å². The summed E-state index contributed by atoms with van der Waals surface area (Å²) in [5, 5.41) is 11.3. The third kappa shape index (κ3) is 2.51. The van der Waals surface area contributed by atoms with Gasteiger partial charge in [-0.1, -0.05) is 6.07 Å². The number of halogens is 1. The standard InChI is InChI=1S/C14H14FNO2S/c1-8-4-5-9(10(15)6-8)12-16-11(7-19-12)14(2,3)13(17)18/h4-7H,1-3H3,(H,17,18). The summed E-state index contributed by atoms with van der Waals surface area (Å²) in [5.41, 5.74) is 0.613. The number of nitrogens with zero attached hydrogens (tertiary/aromatic N) is 1. The predicted octanol–water partition coefficient (Wildman–Crippen LogP) is 3.62. The quantitative estimate of drug-likeness (QED) is 0.933. The Labute approximate surface area is 114 Å². The van der Waals surface area contributed by atoms with Crippen LogP contribution in [0.1, 0.15) is 25.1 Å². The molecule has 1 heterocycles. The van der Waals surface area contributed by atoms with Crippen molar-refractivity contribution in [2.45, 2.75) is 26.2 Å². The monoisotopic (exact) mass is 279 g/mol. The van der Waals surface area contributed by atoms with E-state index in [0.717, 1.165) is 5.56 Å². The number of carboxylic acid groups (broad SMARTS) is 1. The minimum atomic E-state index is -1.07. The Balaban J connectivity index is 2.44. The molecule has 1 aromatic carbocycles. The van der Waals surface area contributed by atoms with Crippen molar-refractivity contribution in [2.24, 2.45) is 0 Å². The summed E-state index contributed by atoms with van der Waals surface area (Å²) in [6, 6.07) is 4.92. The number of carboxylic acids is 1. The van der Waals surface area contributed by atoms with Gasteiger partial charge in [-0.2, -0.15) is 0 Å². The number of carbonyl (C=O) groups is 1. The largest absolute Gasteiger partial charge is 0.481 e. The molecule has 0 aliphatic carbocycles. The lowest BCUT2D eigenvalue weighted by Crippen LogP contribution is -2.28. The highest BCUT2D eigenvalue weighted by atomic mass is 32.1. The maximum Gasteiger partial charge on any atom is 0.315 e. The normalized spacial score (nSPS) is 11.6. The van der Waals surface area contributed by atoms with Crippen molar-refractivity contribution in [2.75, 3.05) is 0 Å². The van der Waals surface area contributed by atoms with Crippen LogP contribution in [0.3, 0.4) is 0 Å². The van der Waals surface area contributed by atoms with Crippen LogP contribution >= 0.6 is 11.3 Å². The van der Waals surface area contributed by atoms with Gasteiger partial charge in [-0.05, 0) is 38.5 Å². The van der Waals surface area contributed by atoms with Crippen LogP contribution in [0, 0.1) is 12.7 Å². The summed E-state index contributed by atoms with van der Waals surface area (Å²) in [7, 11) is 0. The molecule has 0 atom stereocenters. The molecule has 0 saturated heterocycles. The molecule has 0 bridgehead atoms. The van der Waals surface area contributed by atoms with Gasteiger partial charge < -0.3 is 5.11 Å². The van der Waals surface area contributed by atoms with E-state index >= 15 is 0 Å². The van der Waals surface area contributed by atoms with Gasteiger partial charge in [0.25, 0.3) is 0 Å². The zero-order valence-corrected chi connectivity index (χ0v) is 11.7. The van der Waals surface area contributed by atoms with E-state index in [2.05, 4.69) is 4.98 Å². The molecule has 100 valence electrons. The van der Waals surface area contributed by atoms with Crippen LogP contribution in [0.5, 0.6) is 0 Å². The first kappa shape index (κ1) is 13.7. The van der Waals surface area contributed by atoms with E-state index in [0.29, 0.717) is 16.3 Å². The molecule has 3 nitrogen and oxygen atoms in total. The molecule has 0 radical (unpaired) electrons. The number of rotatable bonds is 3. The molecule has 0 aliphatic rings. The van der Waals surface area contributed by atoms with Gasteiger partial charge in [0.2, 0.25) is 0 Å². The van der Waals surface area contributed by atoms with Gasteiger partial charge in [-0.15, -0.1) is 11.3 Å². The highest BCUT2D eigenvalue weighted by Gasteiger charge is 2.32. The second-order valence-electron chi connectivity index (χ2n) is 4.95. The minimum absolute atomic E-state index is 0.339. The Hall–Kier alpha value is -1.75. The fraction of sp³-hybridized carbons (Fsp3) is 0.286. The van der Waals surface area contributed by atoms with Crippen LogP contribution < -0.4 is 0 Å². The minimum Gasteiger partial charge on any atom is -0.481 e. The maximum absolute atomic E-state index is 13.9. The highest BCUT2D eigenvalue weighted by Crippen LogP contribution is 2.31. The molecule has 5 heteroatoms. The lowest BCUT2D eigenvalue weighted by atomic mass is 9.90. The van der Waals surface area contributed by atoms with Gasteiger partial charge in [-0.3, -0.25) is 4.79 Å². The van der Waals surface area contributed by atoms with Crippen molar-refractivity contribution in [3.05, 3.63) is 40.7 Å². The summed E-state index contributed by atoms with van der Waals surface area (Å²) in [6.45, 7) is 4.98. The summed E-state index contributed by atoms with van der Waals surface area (Å²) in [4.78, 5) is 15.4. The zero-order valence-electron chi connectivity index (χ0n) is 10.9. The molecule has 0 unspecified atom stereocenters. The summed E-state index contributed by atoms with van der Waals surface area (Å²) in [6.07, 6.45) is 0. The number of aliphatic carboxylic acids is 1. The van der Waals surface area contributed by atoms with Crippen molar-refractivity contribution in [1.29, 1.82) is 0 Å². The van der Waals surface area contributed by atoms with Crippen LogP contribution in [0.25, 0.3) is 10.6 Å².